The van der Waals surface area contributed by atoms with E-state index in [0.29, 0.717) is 23.6 Å². The van der Waals surface area contributed by atoms with Crippen LogP contribution in [0, 0.1) is 0 Å². The summed E-state index contributed by atoms with van der Waals surface area (Å²) in [7, 11) is 6.03. The van der Waals surface area contributed by atoms with E-state index in [-0.39, 0.29) is 12.6 Å². The van der Waals surface area contributed by atoms with Crippen molar-refractivity contribution < 1.29 is 23.6 Å². The summed E-state index contributed by atoms with van der Waals surface area (Å²) in [5.41, 5.74) is 3.21. The van der Waals surface area contributed by atoms with Gasteiger partial charge in [0.05, 0.1) is 31.2 Å². The summed E-state index contributed by atoms with van der Waals surface area (Å²) in [6, 6.07) is 10.7. The summed E-state index contributed by atoms with van der Waals surface area (Å²) in [5.74, 6) is 0.0202. The molecule has 0 fully saturated rings. The summed E-state index contributed by atoms with van der Waals surface area (Å²) < 4.78 is 10.7. The lowest BCUT2D eigenvalue weighted by atomic mass is 10.00. The highest BCUT2D eigenvalue weighted by Gasteiger charge is 2.36. The second-order valence-corrected chi connectivity index (χ2v) is 7.53. The molecule has 0 bridgehead atoms. The molecule has 3 rings (SSSR count). The van der Waals surface area contributed by atoms with Crippen LogP contribution in [-0.4, -0.2) is 46.3 Å². The zero-order chi connectivity index (χ0) is 21.7. The van der Waals surface area contributed by atoms with Crippen LogP contribution in [0.4, 0.5) is 10.5 Å². The number of likely N-dealkylation sites (N-methyl/N-ethyl adjacent to an activating group) is 1. The summed E-state index contributed by atoms with van der Waals surface area (Å²) in [4.78, 5) is 28.2. The number of urea groups is 1. The molecule has 2 aromatic rings. The first-order valence-electron chi connectivity index (χ1n) is 9.97. The van der Waals surface area contributed by atoms with Crippen molar-refractivity contribution in [2.24, 2.45) is 0 Å². The Labute approximate surface area is 176 Å². The highest BCUT2D eigenvalue weighted by Crippen LogP contribution is 2.27. The Morgan fingerprint density at radius 2 is 1.93 bits per heavy atom. The molecule has 8 nitrogen and oxygen atoms in total. The number of quaternary nitrogens is 1. The summed E-state index contributed by atoms with van der Waals surface area (Å²) in [6.45, 7) is 3.19. The molecule has 1 aliphatic heterocycles. The molecule has 1 aliphatic rings. The topological polar surface area (TPSA) is 88.2 Å². The number of rotatable bonds is 8. The van der Waals surface area contributed by atoms with E-state index in [1.807, 2.05) is 21.1 Å². The van der Waals surface area contributed by atoms with Crippen molar-refractivity contribution in [3.8, 4) is 0 Å². The molecule has 160 valence electrons. The van der Waals surface area contributed by atoms with Gasteiger partial charge in [-0.2, -0.15) is 0 Å². The van der Waals surface area contributed by atoms with Gasteiger partial charge in [0.2, 0.25) is 0 Å². The second-order valence-electron chi connectivity index (χ2n) is 7.53. The van der Waals surface area contributed by atoms with Gasteiger partial charge in [-0.3, -0.25) is 0 Å². The van der Waals surface area contributed by atoms with Crippen molar-refractivity contribution >= 4 is 17.7 Å². The number of carbonyl (C=O) groups excluding carboxylic acids is 2. The number of anilines is 1. The summed E-state index contributed by atoms with van der Waals surface area (Å²) in [6.07, 6.45) is 1.51. The molecular formula is C22H29N4O4+. The van der Waals surface area contributed by atoms with Gasteiger partial charge in [-0.05, 0) is 31.2 Å². The molecule has 0 saturated carbocycles. The number of esters is 1. The van der Waals surface area contributed by atoms with E-state index in [1.54, 1.807) is 19.1 Å². The lowest BCUT2D eigenvalue weighted by Crippen LogP contribution is -3.08. The molecule has 2 amide bonds. The number of carbonyl (C=O) groups is 2. The number of nitrogens with zero attached hydrogens (tertiary/aromatic N) is 1. The van der Waals surface area contributed by atoms with Crippen molar-refractivity contribution in [3.05, 3.63) is 65.3 Å². The number of amides is 2. The average Bonchev–Trinajstić information content (AvgIpc) is 3.22. The number of furan rings is 1. The fourth-order valence-corrected chi connectivity index (χ4v) is 3.50. The molecule has 3 N–H and O–H groups in total. The summed E-state index contributed by atoms with van der Waals surface area (Å²) in [5, 5.41) is 5.56. The molecule has 0 spiro atoms. The van der Waals surface area contributed by atoms with Crippen molar-refractivity contribution in [1.29, 1.82) is 0 Å². The van der Waals surface area contributed by atoms with Gasteiger partial charge in [0, 0.05) is 25.3 Å². The molecular weight excluding hydrogens is 384 g/mol. The van der Waals surface area contributed by atoms with E-state index in [1.165, 1.54) is 11.8 Å². The zero-order valence-electron chi connectivity index (χ0n) is 17.8. The predicted octanol–water partition coefficient (Wildman–Crippen LogP) is 1.23. The van der Waals surface area contributed by atoms with Gasteiger partial charge >= 0.3 is 12.0 Å². The average molecular weight is 413 g/mol. The highest BCUT2D eigenvalue weighted by atomic mass is 16.5. The van der Waals surface area contributed by atoms with Crippen LogP contribution in [0.3, 0.4) is 0 Å². The zero-order valence-corrected chi connectivity index (χ0v) is 17.8. The Kier molecular flexibility index (Phi) is 6.79. The fourth-order valence-electron chi connectivity index (χ4n) is 3.50. The van der Waals surface area contributed by atoms with Crippen LogP contribution >= 0.6 is 0 Å². The first-order chi connectivity index (χ1) is 14.4. The molecule has 1 aromatic carbocycles. The second kappa shape index (κ2) is 9.49. The number of nitrogens with one attached hydrogen (secondary N) is 3. The maximum atomic E-state index is 12.7. The van der Waals surface area contributed by atoms with Crippen molar-refractivity contribution in [2.75, 3.05) is 39.2 Å². The van der Waals surface area contributed by atoms with Gasteiger partial charge in [-0.25, -0.2) is 9.59 Å². The van der Waals surface area contributed by atoms with Crippen molar-refractivity contribution in [2.45, 2.75) is 19.5 Å². The maximum absolute atomic E-state index is 12.7. The van der Waals surface area contributed by atoms with E-state index in [9.17, 15) is 9.59 Å². The fraction of sp³-hybridized carbons (Fsp3) is 0.364. The van der Waals surface area contributed by atoms with Crippen LogP contribution in [-0.2, 0) is 16.1 Å². The molecule has 2 heterocycles. The Morgan fingerprint density at radius 1 is 1.20 bits per heavy atom. The van der Waals surface area contributed by atoms with Gasteiger partial charge in [-0.1, -0.05) is 12.1 Å². The highest BCUT2D eigenvalue weighted by molar-refractivity contribution is 5.95. The maximum Gasteiger partial charge on any atom is 0.338 e. The Hall–Kier alpha value is -3.26. The number of ether oxygens (including phenoxy) is 1. The number of benzene rings is 1. The third kappa shape index (κ3) is 5.01. The molecule has 8 heteroatoms. The molecule has 2 atom stereocenters. The van der Waals surface area contributed by atoms with Gasteiger partial charge in [0.1, 0.15) is 24.9 Å². The standard InChI is InChI=1S/C22H28N4O4/c1-5-29-21(27)19-17(23-22(28)24-20(19)18-7-6-12-30-18)14-26(4)13-15-8-10-16(11-9-15)25(2)3/h6-12,20H,5,13-14H2,1-4H3,(H2,23,24,28)/p+1/t20-/m0/s1. The van der Waals surface area contributed by atoms with E-state index < -0.39 is 12.0 Å². The minimum absolute atomic E-state index is 0.245. The Balaban J connectivity index is 1.84. The van der Waals surface area contributed by atoms with Crippen LogP contribution < -0.4 is 20.4 Å². The molecule has 1 unspecified atom stereocenters. The third-order valence-corrected chi connectivity index (χ3v) is 4.91. The molecule has 0 radical (unpaired) electrons. The molecule has 0 aliphatic carbocycles. The summed E-state index contributed by atoms with van der Waals surface area (Å²) >= 11 is 0. The largest absolute Gasteiger partial charge is 0.467 e. The lowest BCUT2D eigenvalue weighted by molar-refractivity contribution is -0.889. The monoisotopic (exact) mass is 413 g/mol. The number of hydrogen-bond donors (Lipinski definition) is 3. The first kappa shape index (κ1) is 21.4. The van der Waals surface area contributed by atoms with Crippen LogP contribution in [0.5, 0.6) is 0 Å². The first-order valence-corrected chi connectivity index (χ1v) is 9.97. The third-order valence-electron chi connectivity index (χ3n) is 4.91. The van der Waals surface area contributed by atoms with Crippen molar-refractivity contribution in [3.63, 3.8) is 0 Å². The molecule has 1 aromatic heterocycles. The van der Waals surface area contributed by atoms with E-state index in [0.717, 1.165) is 17.1 Å². The lowest BCUT2D eigenvalue weighted by Gasteiger charge is -2.28. The van der Waals surface area contributed by atoms with Crippen LogP contribution in [0.25, 0.3) is 0 Å². The van der Waals surface area contributed by atoms with Gasteiger partial charge in [0.25, 0.3) is 0 Å². The van der Waals surface area contributed by atoms with Crippen molar-refractivity contribution in [1.82, 2.24) is 10.6 Å². The van der Waals surface area contributed by atoms with Crippen LogP contribution in [0.15, 0.2) is 58.3 Å². The minimum Gasteiger partial charge on any atom is -0.467 e. The SMILES string of the molecule is CCOC(=O)C1=C(C[NH+](C)Cc2ccc(N(C)C)cc2)NC(=O)N[C@H]1c1ccco1. The van der Waals surface area contributed by atoms with E-state index >= 15 is 0 Å². The van der Waals surface area contributed by atoms with Gasteiger partial charge < -0.3 is 29.6 Å². The minimum atomic E-state index is -0.685. The van der Waals surface area contributed by atoms with E-state index in [4.69, 9.17) is 9.15 Å². The number of hydrogen-bond acceptors (Lipinski definition) is 5. The smallest absolute Gasteiger partial charge is 0.338 e. The van der Waals surface area contributed by atoms with Gasteiger partial charge in [0.15, 0.2) is 0 Å². The van der Waals surface area contributed by atoms with Crippen LogP contribution in [0.2, 0.25) is 0 Å². The Bertz CT molecular complexity index is 904. The van der Waals surface area contributed by atoms with Crippen LogP contribution in [0.1, 0.15) is 24.3 Å². The predicted molar refractivity (Wildman–Crippen MR) is 113 cm³/mol. The van der Waals surface area contributed by atoms with Gasteiger partial charge in [-0.15, -0.1) is 0 Å². The molecule has 30 heavy (non-hydrogen) atoms. The quantitative estimate of drug-likeness (QED) is 0.567. The normalized spacial score (nSPS) is 17.2. The molecule has 0 saturated heterocycles. The Morgan fingerprint density at radius 3 is 2.53 bits per heavy atom. The van der Waals surface area contributed by atoms with E-state index in [2.05, 4.69) is 39.8 Å².